The van der Waals surface area contributed by atoms with Gasteiger partial charge < -0.3 is 14.6 Å². The van der Waals surface area contributed by atoms with E-state index in [1.165, 1.54) is 4.90 Å². The van der Waals surface area contributed by atoms with Crippen molar-refractivity contribution in [2.45, 2.75) is 26.8 Å². The average molecular weight is 493 g/mol. The third-order valence-electron chi connectivity index (χ3n) is 5.45. The SMILES string of the molecule is CCOC(=O)c1sc(N2C(=O)C(=O)C(=C(O)c3ccc(OCC)cc3)C2c2ccccc2)nc1C. The van der Waals surface area contributed by atoms with Crippen LogP contribution in [0, 0.1) is 6.92 Å². The first-order chi connectivity index (χ1) is 16.9. The largest absolute Gasteiger partial charge is 0.507 e. The fraction of sp³-hybridized carbons (Fsp3) is 0.231. The van der Waals surface area contributed by atoms with Gasteiger partial charge in [-0.05, 0) is 50.6 Å². The molecule has 1 unspecified atom stereocenters. The lowest BCUT2D eigenvalue weighted by Gasteiger charge is -2.23. The standard InChI is InChI=1S/C26H24N2O6S/c1-4-33-18-13-11-17(12-14-18)21(29)19-20(16-9-7-6-8-10-16)28(24(31)22(19)30)26-27-15(3)23(35-26)25(32)34-5-2/h6-14,20,29H,4-5H2,1-3H3. The molecule has 1 aromatic heterocycles. The number of carbonyl (C=O) groups is 3. The van der Waals surface area contributed by atoms with E-state index in [0.29, 0.717) is 29.2 Å². The van der Waals surface area contributed by atoms with E-state index in [1.807, 2.05) is 13.0 Å². The zero-order valence-corrected chi connectivity index (χ0v) is 20.3. The van der Waals surface area contributed by atoms with E-state index >= 15 is 0 Å². The summed E-state index contributed by atoms with van der Waals surface area (Å²) in [5, 5.41) is 11.4. The summed E-state index contributed by atoms with van der Waals surface area (Å²) in [4.78, 5) is 44.7. The number of amides is 1. The molecule has 4 rings (SSSR count). The van der Waals surface area contributed by atoms with E-state index in [4.69, 9.17) is 9.47 Å². The number of thiazole rings is 1. The molecule has 0 saturated carbocycles. The molecule has 180 valence electrons. The maximum atomic E-state index is 13.3. The highest BCUT2D eigenvalue weighted by Gasteiger charge is 2.48. The molecule has 1 saturated heterocycles. The number of ketones is 1. The lowest BCUT2D eigenvalue weighted by atomic mass is 9.95. The predicted octanol–water partition coefficient (Wildman–Crippen LogP) is 4.65. The second-order valence-electron chi connectivity index (χ2n) is 7.67. The van der Waals surface area contributed by atoms with Crippen LogP contribution in [-0.2, 0) is 14.3 Å². The van der Waals surface area contributed by atoms with Crippen molar-refractivity contribution in [1.29, 1.82) is 0 Å². The molecule has 0 bridgehead atoms. The number of benzene rings is 2. The molecule has 2 aromatic carbocycles. The maximum Gasteiger partial charge on any atom is 0.350 e. The summed E-state index contributed by atoms with van der Waals surface area (Å²) in [6, 6.07) is 14.6. The first-order valence-electron chi connectivity index (χ1n) is 11.1. The molecule has 1 aliphatic heterocycles. The molecule has 1 amide bonds. The monoisotopic (exact) mass is 492 g/mol. The molecule has 9 heteroatoms. The molecular formula is C26H24N2O6S. The second kappa shape index (κ2) is 10.1. The van der Waals surface area contributed by atoms with Crippen LogP contribution in [0.3, 0.4) is 0 Å². The number of nitrogens with zero attached hydrogens (tertiary/aromatic N) is 2. The Labute approximate surface area is 206 Å². The predicted molar refractivity (Wildman–Crippen MR) is 132 cm³/mol. The van der Waals surface area contributed by atoms with Gasteiger partial charge in [-0.25, -0.2) is 9.78 Å². The Hall–Kier alpha value is -3.98. The van der Waals surface area contributed by atoms with Gasteiger partial charge in [-0.15, -0.1) is 0 Å². The third-order valence-corrected chi connectivity index (χ3v) is 6.59. The number of aliphatic hydroxyl groups is 1. The minimum absolute atomic E-state index is 0.0594. The minimum Gasteiger partial charge on any atom is -0.507 e. The highest BCUT2D eigenvalue weighted by molar-refractivity contribution is 7.17. The van der Waals surface area contributed by atoms with Crippen molar-refractivity contribution in [3.05, 3.63) is 81.9 Å². The number of aryl methyl sites for hydroxylation is 1. The summed E-state index contributed by atoms with van der Waals surface area (Å²) in [6.45, 7) is 5.89. The molecule has 2 heterocycles. The summed E-state index contributed by atoms with van der Waals surface area (Å²) < 4.78 is 10.5. The Bertz CT molecular complexity index is 1300. The van der Waals surface area contributed by atoms with Crippen LogP contribution < -0.4 is 9.64 Å². The number of hydrogen-bond acceptors (Lipinski definition) is 8. The molecule has 0 spiro atoms. The summed E-state index contributed by atoms with van der Waals surface area (Å²) in [5.41, 5.74) is 1.32. The van der Waals surface area contributed by atoms with Crippen LogP contribution in [0.25, 0.3) is 5.76 Å². The van der Waals surface area contributed by atoms with Crippen LogP contribution in [0.2, 0.25) is 0 Å². The molecule has 0 radical (unpaired) electrons. The topological polar surface area (TPSA) is 106 Å². The number of rotatable bonds is 7. The number of carbonyl (C=O) groups excluding carboxylic acids is 3. The van der Waals surface area contributed by atoms with Crippen molar-refractivity contribution in [3.8, 4) is 5.75 Å². The van der Waals surface area contributed by atoms with Gasteiger partial charge in [-0.2, -0.15) is 0 Å². The highest BCUT2D eigenvalue weighted by Crippen LogP contribution is 2.44. The van der Waals surface area contributed by atoms with Gasteiger partial charge in [0.1, 0.15) is 16.4 Å². The summed E-state index contributed by atoms with van der Waals surface area (Å²) >= 11 is 0.972. The van der Waals surface area contributed by atoms with Crippen molar-refractivity contribution in [1.82, 2.24) is 4.98 Å². The maximum absolute atomic E-state index is 13.3. The van der Waals surface area contributed by atoms with Crippen LogP contribution in [0.1, 0.15) is 46.4 Å². The van der Waals surface area contributed by atoms with Gasteiger partial charge >= 0.3 is 11.9 Å². The molecule has 8 nitrogen and oxygen atoms in total. The van der Waals surface area contributed by atoms with Crippen molar-refractivity contribution >= 4 is 39.9 Å². The number of aromatic nitrogens is 1. The first-order valence-corrected chi connectivity index (χ1v) is 11.9. The molecule has 1 atom stereocenters. The van der Waals surface area contributed by atoms with Crippen LogP contribution >= 0.6 is 11.3 Å². The van der Waals surface area contributed by atoms with Crippen LogP contribution in [0.5, 0.6) is 5.75 Å². The second-order valence-corrected chi connectivity index (χ2v) is 8.65. The molecule has 1 fully saturated rings. The Morgan fingerprint density at radius 3 is 2.37 bits per heavy atom. The number of esters is 1. The van der Waals surface area contributed by atoms with Gasteiger partial charge in [0.25, 0.3) is 5.78 Å². The van der Waals surface area contributed by atoms with Gasteiger partial charge in [-0.1, -0.05) is 41.7 Å². The number of ether oxygens (including phenoxy) is 2. The minimum atomic E-state index is -0.927. The van der Waals surface area contributed by atoms with E-state index < -0.39 is 23.7 Å². The fourth-order valence-electron chi connectivity index (χ4n) is 3.88. The Morgan fingerprint density at radius 2 is 1.74 bits per heavy atom. The zero-order chi connectivity index (χ0) is 25.1. The Balaban J connectivity index is 1.85. The number of Topliss-reactive ketones (excluding diaryl/α,β-unsaturated/α-hetero) is 1. The molecule has 0 aliphatic carbocycles. The summed E-state index contributed by atoms with van der Waals surface area (Å²) in [7, 11) is 0. The van der Waals surface area contributed by atoms with Crippen LogP contribution in [0.15, 0.2) is 60.2 Å². The van der Waals surface area contributed by atoms with Gasteiger partial charge in [0, 0.05) is 5.56 Å². The summed E-state index contributed by atoms with van der Waals surface area (Å²) in [6.07, 6.45) is 0. The quantitative estimate of drug-likeness (QED) is 0.221. The zero-order valence-electron chi connectivity index (χ0n) is 19.5. The normalized spacial score (nSPS) is 17.0. The molecule has 35 heavy (non-hydrogen) atoms. The molecule has 1 aliphatic rings. The fourth-order valence-corrected chi connectivity index (χ4v) is 4.87. The highest BCUT2D eigenvalue weighted by atomic mass is 32.1. The van der Waals surface area contributed by atoms with Crippen molar-refractivity contribution in [2.75, 3.05) is 18.1 Å². The van der Waals surface area contributed by atoms with Gasteiger partial charge in [0.2, 0.25) is 0 Å². The van der Waals surface area contributed by atoms with Gasteiger partial charge in [0.05, 0.1) is 30.5 Å². The van der Waals surface area contributed by atoms with Crippen molar-refractivity contribution in [2.24, 2.45) is 0 Å². The Morgan fingerprint density at radius 1 is 1.06 bits per heavy atom. The van der Waals surface area contributed by atoms with Crippen LogP contribution in [-0.4, -0.2) is 41.0 Å². The molecular weight excluding hydrogens is 468 g/mol. The third kappa shape index (κ3) is 4.54. The smallest absolute Gasteiger partial charge is 0.350 e. The van der Waals surface area contributed by atoms with Gasteiger partial charge in [0.15, 0.2) is 5.13 Å². The first kappa shape index (κ1) is 24.2. The van der Waals surface area contributed by atoms with E-state index in [2.05, 4.69) is 4.98 Å². The van der Waals surface area contributed by atoms with Crippen molar-refractivity contribution in [3.63, 3.8) is 0 Å². The lowest BCUT2D eigenvalue weighted by molar-refractivity contribution is -0.132. The number of aliphatic hydroxyl groups excluding tert-OH is 1. The van der Waals surface area contributed by atoms with E-state index in [0.717, 1.165) is 11.3 Å². The van der Waals surface area contributed by atoms with E-state index in [1.54, 1.807) is 62.4 Å². The number of anilines is 1. The van der Waals surface area contributed by atoms with Crippen LogP contribution in [0.4, 0.5) is 5.13 Å². The number of hydrogen-bond donors (Lipinski definition) is 1. The lowest BCUT2D eigenvalue weighted by Crippen LogP contribution is -2.29. The summed E-state index contributed by atoms with van der Waals surface area (Å²) in [5.74, 6) is -1.90. The average Bonchev–Trinajstić information content (AvgIpc) is 3.37. The van der Waals surface area contributed by atoms with E-state index in [9.17, 15) is 19.5 Å². The Kier molecular flexibility index (Phi) is 6.97. The molecule has 3 aromatic rings. The van der Waals surface area contributed by atoms with E-state index in [-0.39, 0.29) is 27.9 Å². The van der Waals surface area contributed by atoms with Gasteiger partial charge in [-0.3, -0.25) is 14.5 Å². The van der Waals surface area contributed by atoms with Crippen molar-refractivity contribution < 1.29 is 29.0 Å². The molecule has 1 N–H and O–H groups in total.